The molecule has 1 aromatic rings. The lowest BCUT2D eigenvalue weighted by Crippen LogP contribution is -2.31. The molecule has 0 spiro atoms. The molecule has 19 heavy (non-hydrogen) atoms. The number of carbonyl (C=O) groups is 2. The van der Waals surface area contributed by atoms with Gasteiger partial charge in [-0.3, -0.25) is 14.7 Å². The van der Waals surface area contributed by atoms with Gasteiger partial charge in [0.05, 0.1) is 5.92 Å². The third-order valence-electron chi connectivity index (χ3n) is 3.13. The van der Waals surface area contributed by atoms with Crippen LogP contribution in [0.2, 0.25) is 0 Å². The van der Waals surface area contributed by atoms with Gasteiger partial charge in [0, 0.05) is 31.3 Å². The van der Waals surface area contributed by atoms with Crippen molar-refractivity contribution in [1.82, 2.24) is 15.1 Å². The summed E-state index contributed by atoms with van der Waals surface area (Å²) in [5, 5.41) is 9.46. The fraction of sp³-hybridized carbons (Fsp3) is 0.615. The van der Waals surface area contributed by atoms with Crippen LogP contribution in [0.5, 0.6) is 0 Å². The van der Waals surface area contributed by atoms with Gasteiger partial charge in [0.15, 0.2) is 5.82 Å². The fourth-order valence-electron chi connectivity index (χ4n) is 2.28. The summed E-state index contributed by atoms with van der Waals surface area (Å²) in [6.07, 6.45) is 0.294. The van der Waals surface area contributed by atoms with Crippen LogP contribution >= 0.6 is 0 Å². The van der Waals surface area contributed by atoms with Crippen molar-refractivity contribution in [2.45, 2.75) is 27.2 Å². The van der Waals surface area contributed by atoms with Gasteiger partial charge in [0.25, 0.3) is 0 Å². The predicted octanol–water partition coefficient (Wildman–Crippen LogP) is 1.16. The number of anilines is 1. The van der Waals surface area contributed by atoms with Crippen LogP contribution < -0.4 is 5.32 Å². The van der Waals surface area contributed by atoms with Crippen LogP contribution in [0.15, 0.2) is 6.07 Å². The van der Waals surface area contributed by atoms with Gasteiger partial charge in [0.2, 0.25) is 11.8 Å². The van der Waals surface area contributed by atoms with Gasteiger partial charge in [-0.2, -0.15) is 5.10 Å². The quantitative estimate of drug-likeness (QED) is 0.856. The van der Waals surface area contributed by atoms with E-state index >= 15 is 0 Å². The molecule has 6 nitrogen and oxygen atoms in total. The third-order valence-corrected chi connectivity index (χ3v) is 3.13. The normalized spacial score (nSPS) is 19.3. The van der Waals surface area contributed by atoms with Gasteiger partial charge < -0.3 is 10.2 Å². The van der Waals surface area contributed by atoms with E-state index < -0.39 is 0 Å². The molecule has 0 radical (unpaired) electrons. The topological polar surface area (TPSA) is 78.1 Å². The second kappa shape index (κ2) is 5.42. The summed E-state index contributed by atoms with van der Waals surface area (Å²) >= 11 is 0. The van der Waals surface area contributed by atoms with Crippen molar-refractivity contribution in [3.63, 3.8) is 0 Å². The van der Waals surface area contributed by atoms with Gasteiger partial charge in [-0.05, 0) is 12.8 Å². The van der Waals surface area contributed by atoms with Gasteiger partial charge in [-0.15, -0.1) is 0 Å². The van der Waals surface area contributed by atoms with E-state index in [1.54, 1.807) is 11.0 Å². The Kier molecular flexibility index (Phi) is 3.87. The Morgan fingerprint density at radius 3 is 2.95 bits per heavy atom. The maximum absolute atomic E-state index is 12.1. The molecule has 104 valence electrons. The molecule has 0 aromatic carbocycles. The number of hydrogen-bond acceptors (Lipinski definition) is 3. The number of carbonyl (C=O) groups excluding carboxylic acids is 2. The highest BCUT2D eigenvalue weighted by Gasteiger charge is 2.34. The summed E-state index contributed by atoms with van der Waals surface area (Å²) in [6.45, 7) is 7.21. The van der Waals surface area contributed by atoms with E-state index in [0.717, 1.165) is 5.69 Å². The number of H-pyrrole nitrogens is 1. The van der Waals surface area contributed by atoms with Gasteiger partial charge in [0.1, 0.15) is 0 Å². The lowest BCUT2D eigenvalue weighted by atomic mass is 10.1. The van der Waals surface area contributed by atoms with Crippen LogP contribution in [0.4, 0.5) is 5.82 Å². The minimum Gasteiger partial charge on any atom is -0.342 e. The smallest absolute Gasteiger partial charge is 0.230 e. The summed E-state index contributed by atoms with van der Waals surface area (Å²) in [5.41, 5.74) is 0.888. The zero-order chi connectivity index (χ0) is 14.0. The van der Waals surface area contributed by atoms with Crippen molar-refractivity contribution in [3.05, 3.63) is 11.8 Å². The minimum atomic E-state index is -0.275. The highest BCUT2D eigenvalue weighted by atomic mass is 16.2. The van der Waals surface area contributed by atoms with Crippen LogP contribution in [-0.4, -0.2) is 40.0 Å². The van der Waals surface area contributed by atoms with Crippen molar-refractivity contribution in [3.8, 4) is 0 Å². The van der Waals surface area contributed by atoms with Crippen LogP contribution in [0.25, 0.3) is 0 Å². The van der Waals surface area contributed by atoms with E-state index in [2.05, 4.69) is 29.4 Å². The highest BCUT2D eigenvalue weighted by molar-refractivity contribution is 5.96. The Bertz CT molecular complexity index is 481. The number of aromatic nitrogens is 2. The maximum Gasteiger partial charge on any atom is 0.230 e. The molecule has 2 rings (SSSR count). The van der Waals surface area contributed by atoms with Crippen molar-refractivity contribution in [2.24, 2.45) is 11.8 Å². The number of hydrogen-bond donors (Lipinski definition) is 2. The molecule has 0 aliphatic carbocycles. The first-order valence-electron chi connectivity index (χ1n) is 6.56. The van der Waals surface area contributed by atoms with E-state index in [4.69, 9.17) is 0 Å². The standard InChI is InChI=1S/C13H20N4O2/c1-8(2)6-17-7-10(5-12(17)18)13(19)14-11-4-9(3)15-16-11/h4,8,10H,5-7H2,1-3H3,(H2,14,15,16,19). The molecule has 1 atom stereocenters. The molecule has 6 heteroatoms. The Balaban J connectivity index is 1.92. The van der Waals surface area contributed by atoms with E-state index in [1.165, 1.54) is 0 Å². The summed E-state index contributed by atoms with van der Waals surface area (Å²) < 4.78 is 0. The van der Waals surface area contributed by atoms with Crippen LogP contribution in [0.3, 0.4) is 0 Å². The molecule has 0 saturated carbocycles. The van der Waals surface area contributed by atoms with Gasteiger partial charge in [-0.1, -0.05) is 13.8 Å². The molecular formula is C13H20N4O2. The Morgan fingerprint density at radius 2 is 2.37 bits per heavy atom. The summed E-state index contributed by atoms with van der Waals surface area (Å²) in [6, 6.07) is 1.76. The first kappa shape index (κ1) is 13.6. The number of likely N-dealkylation sites (tertiary alicyclic amines) is 1. The lowest BCUT2D eigenvalue weighted by Gasteiger charge is -2.18. The molecule has 2 amide bonds. The molecule has 0 bridgehead atoms. The fourth-order valence-corrected chi connectivity index (χ4v) is 2.28. The molecule has 1 aliphatic heterocycles. The Hall–Kier alpha value is -1.85. The van der Waals surface area contributed by atoms with Crippen molar-refractivity contribution in [1.29, 1.82) is 0 Å². The maximum atomic E-state index is 12.1. The average molecular weight is 264 g/mol. The molecular weight excluding hydrogens is 244 g/mol. The van der Waals surface area contributed by atoms with Crippen LogP contribution in [0, 0.1) is 18.8 Å². The Morgan fingerprint density at radius 1 is 1.63 bits per heavy atom. The molecule has 1 fully saturated rings. The van der Waals surface area contributed by atoms with Crippen LogP contribution in [-0.2, 0) is 9.59 Å². The summed E-state index contributed by atoms with van der Waals surface area (Å²) in [7, 11) is 0. The van der Waals surface area contributed by atoms with Crippen molar-refractivity contribution < 1.29 is 9.59 Å². The number of rotatable bonds is 4. The number of amides is 2. The largest absolute Gasteiger partial charge is 0.342 e. The number of nitrogens with zero attached hydrogens (tertiary/aromatic N) is 2. The van der Waals surface area contributed by atoms with Crippen molar-refractivity contribution >= 4 is 17.6 Å². The highest BCUT2D eigenvalue weighted by Crippen LogP contribution is 2.20. The lowest BCUT2D eigenvalue weighted by molar-refractivity contribution is -0.128. The van der Waals surface area contributed by atoms with Gasteiger partial charge >= 0.3 is 0 Å². The molecule has 2 N–H and O–H groups in total. The average Bonchev–Trinajstić information content (AvgIpc) is 2.86. The van der Waals surface area contributed by atoms with E-state index in [1.807, 2.05) is 6.92 Å². The molecule has 1 saturated heterocycles. The van der Waals surface area contributed by atoms with E-state index in [0.29, 0.717) is 31.2 Å². The summed E-state index contributed by atoms with van der Waals surface area (Å²) in [4.78, 5) is 25.6. The van der Waals surface area contributed by atoms with E-state index in [-0.39, 0.29) is 17.7 Å². The number of aromatic amines is 1. The zero-order valence-electron chi connectivity index (χ0n) is 11.6. The molecule has 2 heterocycles. The SMILES string of the molecule is Cc1cc(NC(=O)C2CC(=O)N(CC(C)C)C2)n[nH]1. The second-order valence-corrected chi connectivity index (χ2v) is 5.52. The summed E-state index contributed by atoms with van der Waals surface area (Å²) in [5.74, 6) is 0.582. The van der Waals surface area contributed by atoms with Crippen molar-refractivity contribution in [2.75, 3.05) is 18.4 Å². The van der Waals surface area contributed by atoms with Gasteiger partial charge in [-0.25, -0.2) is 0 Å². The third kappa shape index (κ3) is 3.33. The number of aryl methyl sites for hydroxylation is 1. The first-order chi connectivity index (χ1) is 8.95. The molecule has 1 aromatic heterocycles. The molecule has 1 aliphatic rings. The minimum absolute atomic E-state index is 0.0621. The first-order valence-corrected chi connectivity index (χ1v) is 6.56. The predicted molar refractivity (Wildman–Crippen MR) is 71.5 cm³/mol. The monoisotopic (exact) mass is 264 g/mol. The Labute approximate surface area is 112 Å². The zero-order valence-corrected chi connectivity index (χ0v) is 11.6. The van der Waals surface area contributed by atoms with Crippen LogP contribution in [0.1, 0.15) is 26.0 Å². The molecule has 1 unspecified atom stereocenters. The van der Waals surface area contributed by atoms with E-state index in [9.17, 15) is 9.59 Å². The second-order valence-electron chi connectivity index (χ2n) is 5.52. The number of nitrogens with one attached hydrogen (secondary N) is 2.